The van der Waals surface area contributed by atoms with Gasteiger partial charge in [0.2, 0.25) is 0 Å². The Balaban J connectivity index is 1.76. The van der Waals surface area contributed by atoms with E-state index in [2.05, 4.69) is 0 Å². The highest BCUT2D eigenvalue weighted by Gasteiger charge is 2.44. The van der Waals surface area contributed by atoms with Crippen LogP contribution in [0.4, 0.5) is 70.2 Å². The fourth-order valence-corrected chi connectivity index (χ4v) is 8.28. The Hall–Kier alpha value is -10.2. The molecule has 0 aromatic heterocycles. The summed E-state index contributed by atoms with van der Waals surface area (Å²) in [6, 6.07) is 14.0. The van der Waals surface area contributed by atoms with Crippen molar-refractivity contribution in [2.24, 2.45) is 0 Å². The number of nitrogens with zero attached hydrogens (tertiary/aromatic N) is 6. The molecule has 0 saturated carbocycles. The van der Waals surface area contributed by atoms with E-state index in [9.17, 15) is 31.6 Å². The lowest BCUT2D eigenvalue weighted by Gasteiger charge is -2.21. The predicted octanol–water partition coefficient (Wildman–Crippen LogP) is 12.9. The molecule has 0 saturated heterocycles. The molecule has 2 aliphatic carbocycles. The average molecular weight is 1020 g/mol. The average Bonchev–Trinajstić information content (AvgIpc) is 3.95. The van der Waals surface area contributed by atoms with Crippen LogP contribution in [0, 0.1) is 161 Å². The van der Waals surface area contributed by atoms with Crippen LogP contribution in [0.5, 0.6) is 0 Å². The summed E-state index contributed by atoms with van der Waals surface area (Å²) in [6.45, 7) is 0. The van der Waals surface area contributed by atoms with Gasteiger partial charge in [0.15, 0.2) is 93.1 Å². The first kappa shape index (κ1) is 50.2. The Kier molecular flexibility index (Phi) is 12.6. The van der Waals surface area contributed by atoms with Gasteiger partial charge in [-0.25, -0.2) is 70.2 Å². The van der Waals surface area contributed by atoms with Crippen LogP contribution in [-0.4, -0.2) is 0 Å². The van der Waals surface area contributed by atoms with Crippen molar-refractivity contribution in [2.75, 3.05) is 0 Å². The van der Waals surface area contributed by atoms with Crippen molar-refractivity contribution in [3.05, 3.63) is 243 Å². The third-order valence-corrected chi connectivity index (χ3v) is 11.6. The zero-order chi connectivity index (χ0) is 54.1. The van der Waals surface area contributed by atoms with E-state index in [-0.39, 0.29) is 11.1 Å². The smallest absolute Gasteiger partial charge is 0.180 e. The van der Waals surface area contributed by atoms with Gasteiger partial charge in [0.05, 0.1) is 45.5 Å². The number of benzene rings is 6. The van der Waals surface area contributed by atoms with Gasteiger partial charge < -0.3 is 0 Å². The summed E-state index contributed by atoms with van der Waals surface area (Å²) in [5.74, 6) is -42.9. The van der Waals surface area contributed by atoms with Crippen LogP contribution in [0.3, 0.4) is 0 Å². The molecule has 0 spiro atoms. The van der Waals surface area contributed by atoms with Crippen LogP contribution in [0.25, 0.3) is 22.3 Å². The van der Waals surface area contributed by atoms with Gasteiger partial charge in [0, 0.05) is 11.1 Å². The largest absolute Gasteiger partial charge is 0.203 e. The molecule has 0 atom stereocenters. The van der Waals surface area contributed by atoms with Gasteiger partial charge in [-0.1, -0.05) is 24.3 Å². The molecule has 6 aromatic rings. The van der Waals surface area contributed by atoms with E-state index in [1.54, 1.807) is 12.1 Å². The Labute approximate surface area is 402 Å². The van der Waals surface area contributed by atoms with Gasteiger partial charge in [-0.2, -0.15) is 31.6 Å². The van der Waals surface area contributed by atoms with E-state index in [4.69, 9.17) is 0 Å². The predicted molar refractivity (Wildman–Crippen MR) is 221 cm³/mol. The quantitative estimate of drug-likeness (QED) is 0.120. The molecule has 6 aromatic carbocycles. The fraction of sp³-hybridized carbons (Fsp3) is 0. The number of halogens is 16. The van der Waals surface area contributed by atoms with Gasteiger partial charge in [0.25, 0.3) is 0 Å². The van der Waals surface area contributed by atoms with E-state index < -0.39 is 193 Å². The number of allylic oxidation sites excluding steroid dienone is 8. The molecule has 6 nitrogen and oxygen atoms in total. The minimum Gasteiger partial charge on any atom is -0.203 e. The fourth-order valence-electron chi connectivity index (χ4n) is 8.28. The van der Waals surface area contributed by atoms with Crippen molar-refractivity contribution in [1.29, 1.82) is 31.6 Å². The summed E-state index contributed by atoms with van der Waals surface area (Å²) in [5, 5.41) is 56.7. The van der Waals surface area contributed by atoms with E-state index >= 15 is 70.2 Å². The molecule has 2 aliphatic rings. The van der Waals surface area contributed by atoms with E-state index in [1.165, 1.54) is 0 Å². The molecular weight excluding hydrogens is 1010 g/mol. The zero-order valence-electron chi connectivity index (χ0n) is 35.5. The molecule has 22 heteroatoms. The van der Waals surface area contributed by atoms with Gasteiger partial charge in [-0.15, -0.1) is 0 Å². The van der Waals surface area contributed by atoms with Gasteiger partial charge in [-0.05, 0) is 81.0 Å². The molecule has 0 heterocycles. The lowest BCUT2D eigenvalue weighted by atomic mass is 9.82. The molecule has 0 fully saturated rings. The summed E-state index contributed by atoms with van der Waals surface area (Å²) in [6.07, 6.45) is 1.15. The highest BCUT2D eigenvalue weighted by atomic mass is 19.2. The van der Waals surface area contributed by atoms with Crippen molar-refractivity contribution in [3.8, 4) is 36.4 Å². The normalized spacial score (nSPS) is 12.6. The Bertz CT molecular complexity index is 3520. The first-order chi connectivity index (χ1) is 35.2. The molecule has 0 bridgehead atoms. The summed E-state index contributed by atoms with van der Waals surface area (Å²) in [4.78, 5) is 0. The standard InChI is InChI=1S/C52H10F16N6/c53-37-25(13-71)38(54)46(62)33(45(37)61)31(34-47(63)39(55)26(14-72)40(56)48(34)64)29-21(19-5-1-17(11-69)2-6-19)9-23-24(29)10-22(20-7-3-18(12-70)4-8-20)30(23)32(35-49(65)41(57)27(15-73)42(58)50(35)66)36-51(67)43(59)28(16-74)44(60)52(36)68/h1-10H. The van der Waals surface area contributed by atoms with Crippen LogP contribution in [0.1, 0.15) is 66.8 Å². The van der Waals surface area contributed by atoms with Crippen molar-refractivity contribution in [2.45, 2.75) is 0 Å². The Morgan fingerprint density at radius 2 is 0.473 bits per heavy atom. The number of hydrogen-bond acceptors (Lipinski definition) is 6. The minimum atomic E-state index is -2.74. The molecule has 8 rings (SSSR count). The number of nitriles is 6. The molecule has 0 aliphatic heterocycles. The van der Waals surface area contributed by atoms with Crippen molar-refractivity contribution >= 4 is 22.3 Å². The van der Waals surface area contributed by atoms with Crippen molar-refractivity contribution < 1.29 is 70.2 Å². The second kappa shape index (κ2) is 18.5. The summed E-state index contributed by atoms with van der Waals surface area (Å²) in [7, 11) is 0. The molecule has 0 N–H and O–H groups in total. The van der Waals surface area contributed by atoms with Crippen LogP contribution in [0.2, 0.25) is 0 Å². The van der Waals surface area contributed by atoms with E-state index in [0.717, 1.165) is 72.8 Å². The van der Waals surface area contributed by atoms with Gasteiger partial charge >= 0.3 is 0 Å². The molecule has 0 radical (unpaired) electrons. The van der Waals surface area contributed by atoms with Crippen LogP contribution < -0.4 is 0 Å². The Morgan fingerprint density at radius 1 is 0.270 bits per heavy atom. The summed E-state index contributed by atoms with van der Waals surface area (Å²) >= 11 is 0. The Morgan fingerprint density at radius 3 is 0.649 bits per heavy atom. The van der Waals surface area contributed by atoms with Crippen molar-refractivity contribution in [3.63, 3.8) is 0 Å². The maximum atomic E-state index is 16.6. The molecule has 74 heavy (non-hydrogen) atoms. The number of rotatable bonds is 6. The molecule has 360 valence electrons. The van der Waals surface area contributed by atoms with Crippen molar-refractivity contribution in [1.82, 2.24) is 0 Å². The maximum Gasteiger partial charge on any atom is 0.180 e. The third-order valence-electron chi connectivity index (χ3n) is 11.6. The lowest BCUT2D eigenvalue weighted by molar-refractivity contribution is 0.440. The van der Waals surface area contributed by atoms with Gasteiger partial charge in [-0.3, -0.25) is 0 Å². The minimum absolute atomic E-state index is 0.210. The highest BCUT2D eigenvalue weighted by Crippen LogP contribution is 2.57. The van der Waals surface area contributed by atoms with E-state index in [0.29, 0.717) is 12.2 Å². The van der Waals surface area contributed by atoms with Crippen LogP contribution >= 0.6 is 0 Å². The lowest BCUT2D eigenvalue weighted by Crippen LogP contribution is -2.14. The SMILES string of the molecule is N#Cc1ccc(C2=CC3=C(C=C(c4ccc(C#N)cc4)C3=C(c3c(F)c(F)c(C#N)c(F)c3F)c3c(F)c(F)c(C#N)c(F)c3F)C2=C(c2c(F)c(F)c(C#N)c(F)c2F)c2c(F)c(F)c(C#N)c(F)c2F)cc1. The number of hydrogen-bond donors (Lipinski definition) is 0. The first-order valence-electron chi connectivity index (χ1n) is 19.9. The van der Waals surface area contributed by atoms with Crippen LogP contribution in [0.15, 0.2) is 83.0 Å². The second-order valence-electron chi connectivity index (χ2n) is 15.3. The first-order valence-corrected chi connectivity index (χ1v) is 19.9. The summed E-state index contributed by atoms with van der Waals surface area (Å²) < 4.78 is 259. The highest BCUT2D eigenvalue weighted by molar-refractivity contribution is 6.13. The zero-order valence-corrected chi connectivity index (χ0v) is 35.5. The second-order valence-corrected chi connectivity index (χ2v) is 15.3. The van der Waals surface area contributed by atoms with E-state index in [1.807, 2.05) is 0 Å². The maximum absolute atomic E-state index is 16.6. The topological polar surface area (TPSA) is 143 Å². The molecular formula is C52H10F16N6. The van der Waals surface area contributed by atoms with Crippen LogP contribution in [-0.2, 0) is 0 Å². The molecule has 0 unspecified atom stereocenters. The van der Waals surface area contributed by atoms with Gasteiger partial charge in [0.1, 0.15) is 46.5 Å². The molecule has 0 amide bonds. The third kappa shape index (κ3) is 7.24. The monoisotopic (exact) mass is 1020 g/mol. The summed E-state index contributed by atoms with van der Waals surface area (Å²) in [5.41, 5.74) is -29.4.